The summed E-state index contributed by atoms with van der Waals surface area (Å²) < 4.78 is 12.5. The molecule has 0 unspecified atom stereocenters. The maximum Gasteiger partial charge on any atom is 0.225 e. The number of nitrogens with one attached hydrogen (secondary N) is 1. The number of halogens is 1. The van der Waals surface area contributed by atoms with E-state index in [1.807, 2.05) is 23.2 Å². The summed E-state index contributed by atoms with van der Waals surface area (Å²) >= 11 is 6.03. The Morgan fingerprint density at radius 2 is 1.97 bits per heavy atom. The highest BCUT2D eigenvalue weighted by molar-refractivity contribution is 6.30. The Bertz CT molecular complexity index is 945. The van der Waals surface area contributed by atoms with Gasteiger partial charge in [-0.25, -0.2) is 4.98 Å². The number of carbonyl (C=O) groups excluding carboxylic acids is 1. The molecule has 4 rings (SSSR count). The van der Waals surface area contributed by atoms with Crippen molar-refractivity contribution < 1.29 is 14.3 Å². The van der Waals surface area contributed by atoms with E-state index < -0.39 is 5.60 Å². The van der Waals surface area contributed by atoms with Crippen LogP contribution in [0.5, 0.6) is 5.75 Å². The second-order valence-corrected chi connectivity index (χ2v) is 10.2. The van der Waals surface area contributed by atoms with E-state index in [4.69, 9.17) is 21.1 Å². The number of benzene rings is 1. The van der Waals surface area contributed by atoms with Crippen molar-refractivity contribution in [3.63, 3.8) is 0 Å². The molecule has 2 fully saturated rings. The van der Waals surface area contributed by atoms with Crippen LogP contribution in [0.2, 0.25) is 5.02 Å². The highest BCUT2D eigenvalue weighted by Gasteiger charge is 2.41. The van der Waals surface area contributed by atoms with E-state index in [0.29, 0.717) is 31.2 Å². The largest absolute Gasteiger partial charge is 0.491 e. The summed E-state index contributed by atoms with van der Waals surface area (Å²) in [6, 6.07) is 7.31. The zero-order valence-corrected chi connectivity index (χ0v) is 21.7. The Morgan fingerprint density at radius 3 is 2.71 bits per heavy atom. The molecule has 2 aromatic rings. The maximum atomic E-state index is 13.3. The number of hydrogen-bond acceptors (Lipinski definition) is 6. The first-order valence-corrected chi connectivity index (χ1v) is 13.1. The number of aryl methyl sites for hydroxylation is 1. The van der Waals surface area contributed by atoms with Crippen LogP contribution >= 0.6 is 11.6 Å². The molecule has 35 heavy (non-hydrogen) atoms. The molecule has 2 aliphatic rings. The van der Waals surface area contributed by atoms with Crippen LogP contribution in [0.15, 0.2) is 30.5 Å². The summed E-state index contributed by atoms with van der Waals surface area (Å²) in [5.74, 6) is 1.89. The molecule has 0 bridgehead atoms. The average Bonchev–Trinajstić information content (AvgIpc) is 3.30. The normalized spacial score (nSPS) is 21.9. The van der Waals surface area contributed by atoms with Crippen molar-refractivity contribution in [2.75, 3.05) is 59.5 Å². The van der Waals surface area contributed by atoms with Crippen LogP contribution in [0, 0.1) is 0 Å². The molecule has 2 saturated heterocycles. The molecular formula is C26H38ClN5O3. The quantitative estimate of drug-likeness (QED) is 0.536. The van der Waals surface area contributed by atoms with Crippen molar-refractivity contribution >= 4 is 17.5 Å². The minimum Gasteiger partial charge on any atom is -0.491 e. The van der Waals surface area contributed by atoms with Crippen molar-refractivity contribution in [1.82, 2.24) is 24.7 Å². The number of piperazine rings is 1. The molecule has 8 nitrogen and oxygen atoms in total. The van der Waals surface area contributed by atoms with E-state index in [9.17, 15) is 4.79 Å². The Morgan fingerprint density at radius 1 is 1.20 bits per heavy atom. The van der Waals surface area contributed by atoms with Gasteiger partial charge in [0.1, 0.15) is 23.8 Å². The number of imidazole rings is 1. The molecular weight excluding hydrogens is 466 g/mol. The standard InChI is InChI=1S/C26H38ClN5O3/c1-3-4-5-24-28-17-22(29-24)18-31-14-15-35-26(19-31,20-34-23-8-6-21(27)7-9-23)16-25(33)32-12-10-30(2)11-13-32/h6-9,17H,3-5,10-16,18-20H2,1-2H3,(H,28,29)/t26-/m0/s1. The van der Waals surface area contributed by atoms with E-state index in [-0.39, 0.29) is 5.91 Å². The molecule has 1 atom stereocenters. The molecule has 2 aliphatic heterocycles. The maximum absolute atomic E-state index is 13.3. The Hall–Kier alpha value is -2.13. The average molecular weight is 504 g/mol. The third-order valence-electron chi connectivity index (χ3n) is 6.81. The number of likely N-dealkylation sites (N-methyl/N-ethyl adjacent to an activating group) is 1. The monoisotopic (exact) mass is 503 g/mol. The van der Waals surface area contributed by atoms with Crippen LogP contribution in [0.3, 0.4) is 0 Å². The number of carbonyl (C=O) groups is 1. The predicted molar refractivity (Wildman–Crippen MR) is 137 cm³/mol. The van der Waals surface area contributed by atoms with Gasteiger partial charge in [-0.3, -0.25) is 9.69 Å². The van der Waals surface area contributed by atoms with Crippen LogP contribution in [0.4, 0.5) is 0 Å². The Balaban J connectivity index is 1.44. The van der Waals surface area contributed by atoms with Gasteiger partial charge in [0.2, 0.25) is 5.91 Å². The van der Waals surface area contributed by atoms with E-state index in [1.54, 1.807) is 12.1 Å². The number of hydrogen-bond donors (Lipinski definition) is 1. The lowest BCUT2D eigenvalue weighted by atomic mass is 9.96. The first kappa shape index (κ1) is 25.9. The van der Waals surface area contributed by atoms with Gasteiger partial charge in [0.05, 0.1) is 13.0 Å². The van der Waals surface area contributed by atoms with Crippen LogP contribution < -0.4 is 4.74 Å². The molecule has 9 heteroatoms. The first-order chi connectivity index (χ1) is 16.9. The van der Waals surface area contributed by atoms with Crippen molar-refractivity contribution in [2.24, 2.45) is 0 Å². The molecule has 0 radical (unpaired) electrons. The zero-order valence-electron chi connectivity index (χ0n) is 21.0. The number of ether oxygens (including phenoxy) is 2. The van der Waals surface area contributed by atoms with Gasteiger partial charge in [0.25, 0.3) is 0 Å². The minimum atomic E-state index is -0.719. The van der Waals surface area contributed by atoms with Crippen LogP contribution in [0.25, 0.3) is 0 Å². The molecule has 1 N–H and O–H groups in total. The fraction of sp³-hybridized carbons (Fsp3) is 0.615. The van der Waals surface area contributed by atoms with Crippen molar-refractivity contribution in [2.45, 2.75) is 44.8 Å². The summed E-state index contributed by atoms with van der Waals surface area (Å²) in [5, 5.41) is 0.662. The summed E-state index contributed by atoms with van der Waals surface area (Å²) in [7, 11) is 2.09. The lowest BCUT2D eigenvalue weighted by Crippen LogP contribution is -2.58. The van der Waals surface area contributed by atoms with Crippen LogP contribution in [-0.4, -0.2) is 95.7 Å². The molecule has 0 spiro atoms. The lowest BCUT2D eigenvalue weighted by molar-refractivity contribution is -0.158. The molecule has 1 aromatic carbocycles. The summed E-state index contributed by atoms with van der Waals surface area (Å²) in [5.41, 5.74) is 0.375. The number of aromatic nitrogens is 2. The number of amides is 1. The van der Waals surface area contributed by atoms with Crippen molar-refractivity contribution in [3.05, 3.63) is 47.0 Å². The van der Waals surface area contributed by atoms with Gasteiger partial charge in [0, 0.05) is 69.1 Å². The van der Waals surface area contributed by atoms with E-state index in [1.165, 1.54) is 0 Å². The first-order valence-electron chi connectivity index (χ1n) is 12.7. The van der Waals surface area contributed by atoms with E-state index >= 15 is 0 Å². The van der Waals surface area contributed by atoms with Crippen LogP contribution in [-0.2, 0) is 22.5 Å². The van der Waals surface area contributed by atoms with Crippen molar-refractivity contribution in [3.8, 4) is 5.75 Å². The predicted octanol–water partition coefficient (Wildman–Crippen LogP) is 3.22. The van der Waals surface area contributed by atoms with Gasteiger partial charge in [-0.05, 0) is 37.7 Å². The fourth-order valence-corrected chi connectivity index (χ4v) is 4.82. The van der Waals surface area contributed by atoms with Crippen LogP contribution in [0.1, 0.15) is 37.7 Å². The fourth-order valence-electron chi connectivity index (χ4n) is 4.69. The number of unbranched alkanes of at least 4 members (excludes halogenated alkanes) is 1. The van der Waals surface area contributed by atoms with Crippen molar-refractivity contribution in [1.29, 1.82) is 0 Å². The number of rotatable bonds is 10. The molecule has 1 amide bonds. The number of aromatic amines is 1. The van der Waals surface area contributed by atoms with Gasteiger partial charge < -0.3 is 24.3 Å². The smallest absolute Gasteiger partial charge is 0.225 e. The second-order valence-electron chi connectivity index (χ2n) is 9.80. The third kappa shape index (κ3) is 7.43. The molecule has 0 aliphatic carbocycles. The molecule has 0 saturated carbocycles. The van der Waals surface area contributed by atoms with Gasteiger partial charge in [-0.2, -0.15) is 0 Å². The third-order valence-corrected chi connectivity index (χ3v) is 7.07. The second kappa shape index (κ2) is 12.2. The lowest BCUT2D eigenvalue weighted by Gasteiger charge is -2.43. The van der Waals surface area contributed by atoms with Gasteiger partial charge >= 0.3 is 0 Å². The topological polar surface area (TPSA) is 73.9 Å². The van der Waals surface area contributed by atoms with Gasteiger partial charge in [-0.1, -0.05) is 24.9 Å². The molecule has 192 valence electrons. The van der Waals surface area contributed by atoms with Gasteiger partial charge in [0.15, 0.2) is 0 Å². The highest BCUT2D eigenvalue weighted by Crippen LogP contribution is 2.27. The van der Waals surface area contributed by atoms with Gasteiger partial charge in [-0.15, -0.1) is 0 Å². The van der Waals surface area contributed by atoms with E-state index in [0.717, 1.165) is 75.8 Å². The summed E-state index contributed by atoms with van der Waals surface area (Å²) in [6.45, 7) is 8.49. The number of morpholine rings is 1. The zero-order chi connectivity index (χ0) is 24.7. The minimum absolute atomic E-state index is 0.128. The Kier molecular flexibility index (Phi) is 9.05. The van der Waals surface area contributed by atoms with E-state index in [2.05, 4.69) is 33.7 Å². The SMILES string of the molecule is CCCCc1ncc(CN2CCO[C@@](COc3ccc(Cl)cc3)(CC(=O)N3CCN(C)CC3)C2)[nH]1. The summed E-state index contributed by atoms with van der Waals surface area (Å²) in [4.78, 5) is 27.9. The molecule has 1 aromatic heterocycles. The number of nitrogens with zero attached hydrogens (tertiary/aromatic N) is 4. The number of H-pyrrole nitrogens is 1. The molecule has 3 heterocycles. The Labute approximate surface area is 213 Å². The summed E-state index contributed by atoms with van der Waals surface area (Å²) in [6.07, 6.45) is 5.48. The highest BCUT2D eigenvalue weighted by atomic mass is 35.5.